The molecule has 1 aromatic carbocycles. The number of ether oxygens (including phenoxy) is 1. The summed E-state index contributed by atoms with van der Waals surface area (Å²) in [5, 5.41) is 9.75. The number of halogens is 2. The van der Waals surface area contributed by atoms with Crippen LogP contribution in [0.25, 0.3) is 0 Å². The van der Waals surface area contributed by atoms with E-state index in [9.17, 15) is 14.0 Å². The number of rotatable bonds is 7. The van der Waals surface area contributed by atoms with Crippen LogP contribution in [0, 0.1) is 11.7 Å². The van der Waals surface area contributed by atoms with E-state index < -0.39 is 17.6 Å². The Hall–Kier alpha value is -3.46. The molecule has 0 aliphatic carbocycles. The van der Waals surface area contributed by atoms with Crippen LogP contribution in [0.2, 0.25) is 5.02 Å². The molecule has 0 spiro atoms. The number of anilines is 2. The van der Waals surface area contributed by atoms with E-state index in [1.807, 2.05) is 6.07 Å². The molecule has 3 heterocycles. The van der Waals surface area contributed by atoms with Crippen molar-refractivity contribution in [1.82, 2.24) is 20.1 Å². The third kappa shape index (κ3) is 5.20. The lowest BCUT2D eigenvalue weighted by Crippen LogP contribution is -2.41. The number of hydrogen-bond donors (Lipinski definition) is 2. The third-order valence-corrected chi connectivity index (χ3v) is 6.17. The lowest BCUT2D eigenvalue weighted by molar-refractivity contribution is -0.147. The lowest BCUT2D eigenvalue weighted by atomic mass is 9.82. The average molecular weight is 486 g/mol. The molecule has 2 aromatic heterocycles. The number of aromatic nitrogens is 3. The van der Waals surface area contributed by atoms with Crippen molar-refractivity contribution >= 4 is 35.1 Å². The fourth-order valence-corrected chi connectivity index (χ4v) is 4.39. The summed E-state index contributed by atoms with van der Waals surface area (Å²) in [4.78, 5) is 32.0. The van der Waals surface area contributed by atoms with Crippen molar-refractivity contribution < 1.29 is 18.7 Å². The molecule has 0 saturated carbocycles. The van der Waals surface area contributed by atoms with E-state index in [1.54, 1.807) is 42.3 Å². The van der Waals surface area contributed by atoms with Crippen molar-refractivity contribution in [2.45, 2.75) is 25.7 Å². The van der Waals surface area contributed by atoms with Gasteiger partial charge in [0, 0.05) is 19.2 Å². The number of H-pyrrole nitrogens is 1. The van der Waals surface area contributed by atoms with Gasteiger partial charge in [-0.1, -0.05) is 23.7 Å². The molecule has 10 heteroatoms. The van der Waals surface area contributed by atoms with Crippen LogP contribution in [0.3, 0.4) is 0 Å². The molecule has 34 heavy (non-hydrogen) atoms. The van der Waals surface area contributed by atoms with E-state index in [-0.39, 0.29) is 29.1 Å². The molecule has 1 aliphatic rings. The Balaban J connectivity index is 1.50. The van der Waals surface area contributed by atoms with Gasteiger partial charge in [-0.05, 0) is 49.9 Å². The van der Waals surface area contributed by atoms with Gasteiger partial charge in [0.25, 0.3) is 5.91 Å². The molecule has 8 nitrogen and oxygen atoms in total. The second-order valence-corrected chi connectivity index (χ2v) is 8.41. The minimum Gasteiger partial charge on any atom is -0.465 e. The summed E-state index contributed by atoms with van der Waals surface area (Å²) in [5.74, 6) is -0.885. The van der Waals surface area contributed by atoms with Gasteiger partial charge >= 0.3 is 5.97 Å². The molecule has 0 bridgehead atoms. The Morgan fingerprint density at radius 3 is 2.71 bits per heavy atom. The van der Waals surface area contributed by atoms with Crippen molar-refractivity contribution in [2.75, 3.05) is 25.0 Å². The Morgan fingerprint density at radius 2 is 2.00 bits per heavy atom. The standard InChI is InChI=1S/C24H25ClFN5O3/c1-2-34-24(33)21(18-7-4-8-19(28-18)29-20-9-12-27-30-20)15-10-13-31(14-11-15)23(32)16-5-3-6-17(25)22(16)26/h3-9,12,15,21H,2,10-11,13-14H2,1H3,(H2,27,28,29,30)/t21-/m1/s1. The summed E-state index contributed by atoms with van der Waals surface area (Å²) < 4.78 is 19.7. The number of benzene rings is 1. The summed E-state index contributed by atoms with van der Waals surface area (Å²) >= 11 is 5.84. The van der Waals surface area contributed by atoms with Crippen molar-refractivity contribution in [3.05, 3.63) is 70.8 Å². The van der Waals surface area contributed by atoms with Crippen LogP contribution >= 0.6 is 11.6 Å². The average Bonchev–Trinajstić information content (AvgIpc) is 3.35. The second-order valence-electron chi connectivity index (χ2n) is 8.00. The van der Waals surface area contributed by atoms with Gasteiger partial charge in [0.1, 0.15) is 17.6 Å². The van der Waals surface area contributed by atoms with Crippen LogP contribution in [0.5, 0.6) is 0 Å². The molecule has 3 aromatic rings. The monoisotopic (exact) mass is 485 g/mol. The molecule has 1 aliphatic heterocycles. The van der Waals surface area contributed by atoms with Crippen LogP contribution in [0.4, 0.5) is 16.0 Å². The number of amides is 1. The van der Waals surface area contributed by atoms with Gasteiger partial charge in [0.05, 0.1) is 29.1 Å². The smallest absolute Gasteiger partial charge is 0.315 e. The number of aromatic amines is 1. The molecule has 2 N–H and O–H groups in total. The first-order valence-corrected chi connectivity index (χ1v) is 11.5. The number of pyridine rings is 1. The van der Waals surface area contributed by atoms with Crippen molar-refractivity contribution in [1.29, 1.82) is 0 Å². The second kappa shape index (κ2) is 10.6. The summed E-state index contributed by atoms with van der Waals surface area (Å²) in [6.07, 6.45) is 2.73. The number of carbonyl (C=O) groups is 2. The molecule has 0 unspecified atom stereocenters. The summed E-state index contributed by atoms with van der Waals surface area (Å²) in [6, 6.07) is 11.6. The van der Waals surface area contributed by atoms with E-state index >= 15 is 0 Å². The Kier molecular flexibility index (Phi) is 7.42. The molecule has 178 valence electrons. The number of nitrogens with zero attached hydrogens (tertiary/aromatic N) is 3. The Morgan fingerprint density at radius 1 is 1.24 bits per heavy atom. The van der Waals surface area contributed by atoms with E-state index in [0.717, 1.165) is 0 Å². The quantitative estimate of drug-likeness (QED) is 0.476. The number of nitrogens with one attached hydrogen (secondary N) is 2. The maximum atomic E-state index is 14.3. The highest BCUT2D eigenvalue weighted by Gasteiger charge is 2.36. The number of piperidine rings is 1. The fourth-order valence-electron chi connectivity index (χ4n) is 4.22. The van der Waals surface area contributed by atoms with Gasteiger partial charge in [-0.25, -0.2) is 9.37 Å². The first-order valence-electron chi connectivity index (χ1n) is 11.1. The predicted molar refractivity (Wildman–Crippen MR) is 126 cm³/mol. The minimum atomic E-state index is -0.716. The van der Waals surface area contributed by atoms with E-state index in [4.69, 9.17) is 16.3 Å². The number of carbonyl (C=O) groups excluding carboxylic acids is 2. The van der Waals surface area contributed by atoms with Crippen LogP contribution in [0.15, 0.2) is 48.7 Å². The van der Waals surface area contributed by atoms with Gasteiger partial charge in [-0.2, -0.15) is 5.10 Å². The van der Waals surface area contributed by atoms with Gasteiger partial charge < -0.3 is 15.0 Å². The SMILES string of the molecule is CCOC(=O)[C@@H](c1cccc(Nc2ccn[nH]2)n1)C1CCN(C(=O)c2cccc(Cl)c2F)CC1. The summed E-state index contributed by atoms with van der Waals surface area (Å²) in [7, 11) is 0. The zero-order valence-electron chi connectivity index (χ0n) is 18.6. The van der Waals surface area contributed by atoms with Crippen LogP contribution < -0.4 is 5.32 Å². The summed E-state index contributed by atoms with van der Waals surface area (Å²) in [5.41, 5.74) is 0.542. The highest BCUT2D eigenvalue weighted by molar-refractivity contribution is 6.31. The molecule has 0 radical (unpaired) electrons. The molecular weight excluding hydrogens is 461 g/mol. The maximum Gasteiger partial charge on any atom is 0.315 e. The zero-order chi connectivity index (χ0) is 24.1. The Labute approximate surface area is 201 Å². The van der Waals surface area contributed by atoms with Gasteiger partial charge in [0.15, 0.2) is 5.82 Å². The maximum absolute atomic E-state index is 14.3. The lowest BCUT2D eigenvalue weighted by Gasteiger charge is -2.35. The zero-order valence-corrected chi connectivity index (χ0v) is 19.4. The summed E-state index contributed by atoms with van der Waals surface area (Å²) in [6.45, 7) is 2.79. The molecule has 1 amide bonds. The highest BCUT2D eigenvalue weighted by Crippen LogP contribution is 2.34. The van der Waals surface area contributed by atoms with Gasteiger partial charge in [0.2, 0.25) is 0 Å². The highest BCUT2D eigenvalue weighted by atomic mass is 35.5. The molecule has 4 rings (SSSR count). The minimum absolute atomic E-state index is 0.0489. The van der Waals surface area contributed by atoms with Crippen molar-refractivity contribution in [2.24, 2.45) is 5.92 Å². The van der Waals surface area contributed by atoms with Crippen LogP contribution in [0.1, 0.15) is 41.7 Å². The van der Waals surface area contributed by atoms with Crippen LogP contribution in [-0.2, 0) is 9.53 Å². The number of likely N-dealkylation sites (tertiary alicyclic amines) is 1. The van der Waals surface area contributed by atoms with E-state index in [1.165, 1.54) is 12.1 Å². The molecule has 1 fully saturated rings. The topological polar surface area (TPSA) is 100 Å². The number of esters is 1. The van der Waals surface area contributed by atoms with Crippen molar-refractivity contribution in [3.63, 3.8) is 0 Å². The van der Waals surface area contributed by atoms with Gasteiger partial charge in [-0.15, -0.1) is 0 Å². The van der Waals surface area contributed by atoms with E-state index in [2.05, 4.69) is 20.5 Å². The van der Waals surface area contributed by atoms with Crippen molar-refractivity contribution in [3.8, 4) is 0 Å². The largest absolute Gasteiger partial charge is 0.465 e. The fraction of sp³-hybridized carbons (Fsp3) is 0.333. The van der Waals surface area contributed by atoms with Gasteiger partial charge in [-0.3, -0.25) is 14.7 Å². The third-order valence-electron chi connectivity index (χ3n) is 5.87. The first-order chi connectivity index (χ1) is 16.5. The van der Waals surface area contributed by atoms with E-state index in [0.29, 0.717) is 43.3 Å². The first kappa shape index (κ1) is 23.7. The van der Waals surface area contributed by atoms with Crippen LogP contribution in [-0.4, -0.2) is 51.7 Å². The predicted octanol–water partition coefficient (Wildman–Crippen LogP) is 4.54. The Bertz CT molecular complexity index is 1150. The molecule has 1 saturated heterocycles. The molecule has 1 atom stereocenters. The number of hydrogen-bond acceptors (Lipinski definition) is 6. The normalized spacial score (nSPS) is 15.1. The molecular formula is C24H25ClFN5O3.